The summed E-state index contributed by atoms with van der Waals surface area (Å²) in [5.41, 5.74) is 2.17. The molecular weight excluding hydrogens is 491 g/mol. The van der Waals surface area contributed by atoms with E-state index in [-0.39, 0.29) is 41.9 Å². The van der Waals surface area contributed by atoms with E-state index in [0.29, 0.717) is 17.6 Å². The molecule has 0 atom stereocenters. The predicted octanol–water partition coefficient (Wildman–Crippen LogP) is 5.26. The van der Waals surface area contributed by atoms with Crippen LogP contribution in [-0.4, -0.2) is 35.8 Å². The smallest absolute Gasteiger partial charge is 0.306 e. The summed E-state index contributed by atoms with van der Waals surface area (Å²) in [4.78, 5) is 14.0. The molecule has 0 aliphatic heterocycles. The number of unbranched alkanes of at least 4 members (excludes halogenated alkanes) is 3. The molecule has 0 bridgehead atoms. The third-order valence-corrected chi connectivity index (χ3v) is 6.10. The number of aromatic hydroxyl groups is 1. The minimum atomic E-state index is -2.88. The SMILES string of the molecule is Cl.Cl.O=c1[nH]c2c(O)ccc(CCNCCCCCCNC(F)(F)Cc3ccccc3)c2s1. The van der Waals surface area contributed by atoms with Gasteiger partial charge in [-0.2, -0.15) is 8.78 Å². The first-order valence-corrected chi connectivity index (χ1v) is 11.5. The van der Waals surface area contributed by atoms with E-state index >= 15 is 0 Å². The Kier molecular flexibility index (Phi) is 12.9. The van der Waals surface area contributed by atoms with Crippen LogP contribution in [0.5, 0.6) is 5.75 Å². The van der Waals surface area contributed by atoms with E-state index in [1.807, 2.05) is 12.1 Å². The second kappa shape index (κ2) is 14.5. The van der Waals surface area contributed by atoms with Gasteiger partial charge in [0.25, 0.3) is 0 Å². The standard InChI is InChI=1S/C23H29F2N3O2S.2ClH/c24-23(25,16-17-8-4-3-5-9-17)27-14-7-2-1-6-13-26-15-12-18-10-11-19(29)20-21(18)31-22(30)28-20;;/h3-5,8-11,26-27,29H,1-2,6-7,12-16H2,(H,28,30);2*1H. The highest BCUT2D eigenvalue weighted by molar-refractivity contribution is 7.16. The molecule has 5 nitrogen and oxygen atoms in total. The van der Waals surface area contributed by atoms with Gasteiger partial charge < -0.3 is 15.4 Å². The van der Waals surface area contributed by atoms with E-state index in [1.54, 1.807) is 30.3 Å². The Morgan fingerprint density at radius 2 is 1.64 bits per heavy atom. The zero-order valence-corrected chi connectivity index (χ0v) is 20.7. The number of hydrogen-bond donors (Lipinski definition) is 4. The molecule has 0 spiro atoms. The molecule has 0 saturated carbocycles. The van der Waals surface area contributed by atoms with Crippen LogP contribution in [-0.2, 0) is 12.8 Å². The first-order chi connectivity index (χ1) is 14.9. The molecular formula is C23H31Cl2F2N3O2S. The second-order valence-electron chi connectivity index (χ2n) is 7.67. The van der Waals surface area contributed by atoms with Gasteiger partial charge in [0, 0.05) is 6.54 Å². The van der Waals surface area contributed by atoms with Crippen molar-refractivity contribution in [3.05, 3.63) is 63.3 Å². The largest absolute Gasteiger partial charge is 0.506 e. The predicted molar refractivity (Wildman–Crippen MR) is 137 cm³/mol. The molecule has 4 N–H and O–H groups in total. The molecule has 1 aromatic heterocycles. The number of halogens is 4. The third-order valence-electron chi connectivity index (χ3n) is 5.14. The number of rotatable bonds is 13. The minimum Gasteiger partial charge on any atom is -0.506 e. The summed E-state index contributed by atoms with van der Waals surface area (Å²) in [6.07, 6.45) is 4.09. The lowest BCUT2D eigenvalue weighted by Gasteiger charge is -2.18. The van der Waals surface area contributed by atoms with Gasteiger partial charge in [-0.1, -0.05) is 60.6 Å². The van der Waals surface area contributed by atoms with Crippen LogP contribution in [0.25, 0.3) is 10.2 Å². The van der Waals surface area contributed by atoms with E-state index in [2.05, 4.69) is 15.6 Å². The number of benzene rings is 2. The normalized spacial score (nSPS) is 11.2. The molecule has 0 aliphatic carbocycles. The van der Waals surface area contributed by atoms with E-state index in [1.165, 1.54) is 0 Å². The van der Waals surface area contributed by atoms with Crippen molar-refractivity contribution in [3.63, 3.8) is 0 Å². The van der Waals surface area contributed by atoms with Crippen molar-refractivity contribution in [1.29, 1.82) is 0 Å². The fourth-order valence-corrected chi connectivity index (χ4v) is 4.43. The maximum Gasteiger partial charge on any atom is 0.306 e. The summed E-state index contributed by atoms with van der Waals surface area (Å²) in [5.74, 6) is 0.0948. The topological polar surface area (TPSA) is 77.2 Å². The third kappa shape index (κ3) is 9.59. The molecule has 0 aliphatic rings. The molecule has 0 amide bonds. The Hall–Kier alpha value is -1.71. The van der Waals surface area contributed by atoms with Gasteiger partial charge in [-0.05, 0) is 49.5 Å². The van der Waals surface area contributed by atoms with E-state index in [4.69, 9.17) is 0 Å². The Morgan fingerprint density at radius 1 is 0.939 bits per heavy atom. The summed E-state index contributed by atoms with van der Waals surface area (Å²) < 4.78 is 28.7. The molecule has 0 radical (unpaired) electrons. The number of aromatic amines is 1. The molecule has 33 heavy (non-hydrogen) atoms. The van der Waals surface area contributed by atoms with Crippen molar-refractivity contribution in [2.24, 2.45) is 0 Å². The van der Waals surface area contributed by atoms with Crippen LogP contribution in [0.4, 0.5) is 8.78 Å². The average molecular weight is 522 g/mol. The molecule has 2 aromatic carbocycles. The van der Waals surface area contributed by atoms with Crippen molar-refractivity contribution in [1.82, 2.24) is 15.6 Å². The first kappa shape index (κ1) is 29.3. The number of alkyl halides is 2. The summed E-state index contributed by atoms with van der Waals surface area (Å²) in [7, 11) is 0. The molecule has 0 fully saturated rings. The molecule has 184 valence electrons. The van der Waals surface area contributed by atoms with Gasteiger partial charge in [0.15, 0.2) is 0 Å². The number of phenols is 1. The molecule has 1 heterocycles. The number of hydrogen-bond acceptors (Lipinski definition) is 5. The van der Waals surface area contributed by atoms with Crippen molar-refractivity contribution >= 4 is 46.4 Å². The summed E-state index contributed by atoms with van der Waals surface area (Å²) >= 11 is 1.12. The van der Waals surface area contributed by atoms with Gasteiger partial charge >= 0.3 is 10.9 Å². The van der Waals surface area contributed by atoms with Crippen LogP contribution in [0.1, 0.15) is 36.8 Å². The zero-order valence-electron chi connectivity index (χ0n) is 18.2. The van der Waals surface area contributed by atoms with Crippen molar-refractivity contribution < 1.29 is 13.9 Å². The Bertz CT molecular complexity index is 1020. The lowest BCUT2D eigenvalue weighted by molar-refractivity contribution is -0.0339. The van der Waals surface area contributed by atoms with Crippen LogP contribution in [0, 0.1) is 0 Å². The van der Waals surface area contributed by atoms with E-state index < -0.39 is 6.05 Å². The highest BCUT2D eigenvalue weighted by atomic mass is 35.5. The van der Waals surface area contributed by atoms with Crippen molar-refractivity contribution in [2.75, 3.05) is 19.6 Å². The molecule has 10 heteroatoms. The van der Waals surface area contributed by atoms with Gasteiger partial charge in [0.1, 0.15) is 11.3 Å². The van der Waals surface area contributed by atoms with Crippen molar-refractivity contribution in [2.45, 2.75) is 44.6 Å². The lowest BCUT2D eigenvalue weighted by atomic mass is 10.1. The summed E-state index contributed by atoms with van der Waals surface area (Å²) in [5, 5.41) is 15.6. The molecule has 3 rings (SSSR count). The highest BCUT2D eigenvalue weighted by Crippen LogP contribution is 2.27. The van der Waals surface area contributed by atoms with Gasteiger partial charge in [0.2, 0.25) is 0 Å². The minimum absolute atomic E-state index is 0. The monoisotopic (exact) mass is 521 g/mol. The molecule has 0 unspecified atom stereocenters. The van der Waals surface area contributed by atoms with E-state index in [9.17, 15) is 18.7 Å². The first-order valence-electron chi connectivity index (χ1n) is 10.7. The number of nitrogens with one attached hydrogen (secondary N) is 3. The van der Waals surface area contributed by atoms with Gasteiger partial charge in [0.05, 0.1) is 11.1 Å². The Morgan fingerprint density at radius 3 is 2.36 bits per heavy atom. The molecule has 0 saturated heterocycles. The van der Waals surface area contributed by atoms with Crippen LogP contribution >= 0.6 is 36.2 Å². The number of fused-ring (bicyclic) bond motifs is 1. The van der Waals surface area contributed by atoms with Crippen LogP contribution in [0.15, 0.2) is 47.3 Å². The van der Waals surface area contributed by atoms with Gasteiger partial charge in [-0.15, -0.1) is 24.8 Å². The molecule has 3 aromatic rings. The average Bonchev–Trinajstić information content (AvgIpc) is 3.14. The zero-order chi connectivity index (χ0) is 22.1. The Balaban J connectivity index is 0.00000272. The van der Waals surface area contributed by atoms with Crippen molar-refractivity contribution in [3.8, 4) is 5.75 Å². The number of aromatic nitrogens is 1. The van der Waals surface area contributed by atoms with Gasteiger partial charge in [-0.25, -0.2) is 0 Å². The fraction of sp³-hybridized carbons (Fsp3) is 0.435. The summed E-state index contributed by atoms with van der Waals surface area (Å²) in [6.45, 7) is 1.95. The number of thiazole rings is 1. The second-order valence-corrected chi connectivity index (χ2v) is 8.65. The quantitative estimate of drug-likeness (QED) is 0.183. The maximum atomic E-state index is 13.9. The fourth-order valence-electron chi connectivity index (χ4n) is 3.53. The van der Waals surface area contributed by atoms with Crippen LogP contribution in [0.3, 0.4) is 0 Å². The highest BCUT2D eigenvalue weighted by Gasteiger charge is 2.27. The Labute approximate surface area is 208 Å². The van der Waals surface area contributed by atoms with Crippen LogP contribution in [0.2, 0.25) is 0 Å². The number of phenolic OH excluding ortho intramolecular Hbond substituents is 1. The van der Waals surface area contributed by atoms with E-state index in [0.717, 1.165) is 66.8 Å². The lowest BCUT2D eigenvalue weighted by Crippen LogP contribution is -2.39. The van der Waals surface area contributed by atoms with Gasteiger partial charge in [-0.3, -0.25) is 10.1 Å². The maximum absolute atomic E-state index is 13.9. The van der Waals surface area contributed by atoms with Crippen LogP contribution < -0.4 is 15.5 Å². The summed E-state index contributed by atoms with van der Waals surface area (Å²) in [6, 6.07) is 9.38. The number of H-pyrrole nitrogens is 1.